The van der Waals surface area contributed by atoms with E-state index in [4.69, 9.17) is 14.6 Å². The SMILES string of the molecule is CO.COc1cc(C=O)ccc1CN1CCOCC1. The summed E-state index contributed by atoms with van der Waals surface area (Å²) in [6.45, 7) is 4.30. The van der Waals surface area contributed by atoms with Gasteiger partial charge in [0.2, 0.25) is 0 Å². The highest BCUT2D eigenvalue weighted by Crippen LogP contribution is 2.21. The summed E-state index contributed by atoms with van der Waals surface area (Å²) in [5.74, 6) is 0.779. The number of methoxy groups -OCH3 is 1. The highest BCUT2D eigenvalue weighted by Gasteiger charge is 2.13. The number of ether oxygens (including phenoxy) is 2. The van der Waals surface area contributed by atoms with Crippen LogP contribution < -0.4 is 4.74 Å². The van der Waals surface area contributed by atoms with Crippen molar-refractivity contribution in [2.24, 2.45) is 0 Å². The number of hydrogen-bond acceptors (Lipinski definition) is 5. The molecule has 0 aromatic heterocycles. The van der Waals surface area contributed by atoms with Crippen molar-refractivity contribution in [3.63, 3.8) is 0 Å². The van der Waals surface area contributed by atoms with Gasteiger partial charge in [-0.25, -0.2) is 0 Å². The summed E-state index contributed by atoms with van der Waals surface area (Å²) < 4.78 is 10.6. The fourth-order valence-electron chi connectivity index (χ4n) is 1.97. The minimum atomic E-state index is 0.646. The summed E-state index contributed by atoms with van der Waals surface area (Å²) in [7, 11) is 2.63. The zero-order valence-electron chi connectivity index (χ0n) is 11.5. The predicted octanol–water partition coefficient (Wildman–Crippen LogP) is 0.948. The van der Waals surface area contributed by atoms with E-state index in [0.717, 1.165) is 57.6 Å². The van der Waals surface area contributed by atoms with Gasteiger partial charge < -0.3 is 14.6 Å². The molecule has 0 bridgehead atoms. The van der Waals surface area contributed by atoms with E-state index >= 15 is 0 Å². The molecule has 0 radical (unpaired) electrons. The van der Waals surface area contributed by atoms with Crippen LogP contribution in [-0.4, -0.2) is 56.8 Å². The first-order chi connectivity index (χ1) is 9.33. The molecule has 5 heteroatoms. The fraction of sp³-hybridized carbons (Fsp3) is 0.500. The van der Waals surface area contributed by atoms with Crippen LogP contribution in [0.2, 0.25) is 0 Å². The van der Waals surface area contributed by atoms with Crippen molar-refractivity contribution in [1.29, 1.82) is 0 Å². The molecule has 0 aliphatic carbocycles. The fourth-order valence-corrected chi connectivity index (χ4v) is 1.97. The zero-order valence-corrected chi connectivity index (χ0v) is 11.5. The summed E-state index contributed by atoms with van der Waals surface area (Å²) in [4.78, 5) is 13.0. The van der Waals surface area contributed by atoms with E-state index in [1.54, 1.807) is 13.2 Å². The molecular formula is C14H21NO4. The third-order valence-corrected chi connectivity index (χ3v) is 2.94. The van der Waals surface area contributed by atoms with Crippen LogP contribution in [0, 0.1) is 0 Å². The maximum Gasteiger partial charge on any atom is 0.150 e. The van der Waals surface area contributed by atoms with Crippen molar-refractivity contribution in [2.45, 2.75) is 6.54 Å². The molecule has 0 saturated carbocycles. The maximum absolute atomic E-state index is 10.7. The van der Waals surface area contributed by atoms with Gasteiger partial charge in [0.15, 0.2) is 0 Å². The molecule has 1 saturated heterocycles. The average molecular weight is 267 g/mol. The van der Waals surface area contributed by atoms with E-state index in [1.807, 2.05) is 12.1 Å². The molecule has 0 atom stereocenters. The van der Waals surface area contributed by atoms with Crippen molar-refractivity contribution in [3.05, 3.63) is 29.3 Å². The Morgan fingerprint density at radius 2 is 2.05 bits per heavy atom. The molecule has 1 N–H and O–H groups in total. The van der Waals surface area contributed by atoms with Crippen LogP contribution in [0.1, 0.15) is 15.9 Å². The minimum Gasteiger partial charge on any atom is -0.496 e. The van der Waals surface area contributed by atoms with Crippen molar-refractivity contribution >= 4 is 6.29 Å². The van der Waals surface area contributed by atoms with Gasteiger partial charge in [0.25, 0.3) is 0 Å². The van der Waals surface area contributed by atoms with Crippen molar-refractivity contribution in [3.8, 4) is 5.75 Å². The molecule has 1 aromatic carbocycles. The Morgan fingerprint density at radius 1 is 1.37 bits per heavy atom. The van der Waals surface area contributed by atoms with Gasteiger partial charge in [-0.05, 0) is 6.07 Å². The van der Waals surface area contributed by atoms with Gasteiger partial charge in [-0.2, -0.15) is 0 Å². The van der Waals surface area contributed by atoms with Gasteiger partial charge in [0.05, 0.1) is 20.3 Å². The van der Waals surface area contributed by atoms with E-state index in [-0.39, 0.29) is 0 Å². The molecule has 0 spiro atoms. The quantitative estimate of drug-likeness (QED) is 0.823. The number of aliphatic hydroxyl groups excluding tert-OH is 1. The summed E-state index contributed by atoms with van der Waals surface area (Å²) >= 11 is 0. The summed E-state index contributed by atoms with van der Waals surface area (Å²) in [5, 5.41) is 7.00. The number of nitrogens with zero attached hydrogens (tertiary/aromatic N) is 1. The number of benzene rings is 1. The molecule has 0 amide bonds. The van der Waals surface area contributed by atoms with Crippen LogP contribution >= 0.6 is 0 Å². The lowest BCUT2D eigenvalue weighted by Crippen LogP contribution is -2.35. The summed E-state index contributed by atoms with van der Waals surface area (Å²) in [6, 6.07) is 5.56. The van der Waals surface area contributed by atoms with Crippen LogP contribution in [0.3, 0.4) is 0 Å². The minimum absolute atomic E-state index is 0.646. The second-order valence-corrected chi connectivity index (χ2v) is 4.08. The van der Waals surface area contributed by atoms with Crippen LogP contribution in [-0.2, 0) is 11.3 Å². The highest BCUT2D eigenvalue weighted by atomic mass is 16.5. The molecule has 2 rings (SSSR count). The highest BCUT2D eigenvalue weighted by molar-refractivity contribution is 5.75. The molecule has 1 aliphatic heterocycles. The predicted molar refractivity (Wildman–Crippen MR) is 72.6 cm³/mol. The van der Waals surface area contributed by atoms with Gasteiger partial charge >= 0.3 is 0 Å². The number of carbonyl (C=O) groups is 1. The van der Waals surface area contributed by atoms with E-state index in [2.05, 4.69) is 4.90 Å². The Hall–Kier alpha value is -1.43. The first kappa shape index (κ1) is 15.6. The van der Waals surface area contributed by atoms with Crippen LogP contribution in [0.25, 0.3) is 0 Å². The second kappa shape index (κ2) is 8.63. The van der Waals surface area contributed by atoms with Gasteiger partial charge in [0, 0.05) is 37.9 Å². The molecule has 1 aliphatic rings. The zero-order chi connectivity index (χ0) is 14.1. The normalized spacial score (nSPS) is 15.3. The standard InChI is InChI=1S/C13H17NO3.CH4O/c1-16-13-8-11(10-15)2-3-12(13)9-14-4-6-17-7-5-14;1-2/h2-3,8,10H,4-7,9H2,1H3;2H,1H3. The molecule has 1 aromatic rings. The van der Waals surface area contributed by atoms with Gasteiger partial charge in [0.1, 0.15) is 12.0 Å². The van der Waals surface area contributed by atoms with E-state index in [9.17, 15) is 4.79 Å². The molecule has 1 heterocycles. The van der Waals surface area contributed by atoms with Gasteiger partial charge in [-0.1, -0.05) is 12.1 Å². The lowest BCUT2D eigenvalue weighted by Gasteiger charge is -2.27. The largest absolute Gasteiger partial charge is 0.496 e. The molecule has 19 heavy (non-hydrogen) atoms. The first-order valence-corrected chi connectivity index (χ1v) is 6.20. The molecule has 106 valence electrons. The van der Waals surface area contributed by atoms with E-state index in [0.29, 0.717) is 5.56 Å². The van der Waals surface area contributed by atoms with E-state index < -0.39 is 0 Å². The Morgan fingerprint density at radius 3 is 2.63 bits per heavy atom. The Labute approximate surface area is 113 Å². The Kier molecular flexibility index (Phi) is 7.10. The Balaban J connectivity index is 0.000000861. The number of carbonyl (C=O) groups excluding carboxylic acids is 1. The number of hydrogen-bond donors (Lipinski definition) is 1. The molecular weight excluding hydrogens is 246 g/mol. The van der Waals surface area contributed by atoms with Crippen LogP contribution in [0.5, 0.6) is 5.75 Å². The topological polar surface area (TPSA) is 59.0 Å². The van der Waals surface area contributed by atoms with Crippen molar-refractivity contribution in [1.82, 2.24) is 4.90 Å². The molecule has 5 nitrogen and oxygen atoms in total. The van der Waals surface area contributed by atoms with Crippen molar-refractivity contribution < 1.29 is 19.4 Å². The number of aldehydes is 1. The number of aliphatic hydroxyl groups is 1. The van der Waals surface area contributed by atoms with Crippen LogP contribution in [0.15, 0.2) is 18.2 Å². The number of rotatable bonds is 4. The Bertz CT molecular complexity index is 389. The molecule has 1 fully saturated rings. The van der Waals surface area contributed by atoms with Crippen molar-refractivity contribution in [2.75, 3.05) is 40.5 Å². The summed E-state index contributed by atoms with van der Waals surface area (Å²) in [6.07, 6.45) is 0.834. The van der Waals surface area contributed by atoms with Gasteiger partial charge in [-0.15, -0.1) is 0 Å². The maximum atomic E-state index is 10.7. The van der Waals surface area contributed by atoms with Crippen LogP contribution in [0.4, 0.5) is 0 Å². The third kappa shape index (κ3) is 4.63. The monoisotopic (exact) mass is 267 g/mol. The first-order valence-electron chi connectivity index (χ1n) is 6.20. The smallest absolute Gasteiger partial charge is 0.150 e. The third-order valence-electron chi connectivity index (χ3n) is 2.94. The lowest BCUT2D eigenvalue weighted by atomic mass is 10.1. The lowest BCUT2D eigenvalue weighted by molar-refractivity contribution is 0.0339. The van der Waals surface area contributed by atoms with E-state index in [1.165, 1.54) is 0 Å². The van der Waals surface area contributed by atoms with Gasteiger partial charge in [-0.3, -0.25) is 9.69 Å². The average Bonchev–Trinajstić information content (AvgIpc) is 2.50. The number of morpholine rings is 1. The summed E-state index contributed by atoms with van der Waals surface area (Å²) in [5.41, 5.74) is 1.76. The molecule has 0 unspecified atom stereocenters. The second-order valence-electron chi connectivity index (χ2n) is 4.08.